The second-order valence-corrected chi connectivity index (χ2v) is 9.51. The molecule has 0 N–H and O–H groups in total. The van der Waals surface area contributed by atoms with E-state index >= 15 is 0 Å². The van der Waals surface area contributed by atoms with Crippen LogP contribution in [0.15, 0.2) is 12.4 Å². The molecule has 0 atom stereocenters. The average Bonchev–Trinajstić information content (AvgIpc) is 3.14. The summed E-state index contributed by atoms with van der Waals surface area (Å²) < 4.78 is 5.17. The topological polar surface area (TPSA) is 8.81 Å². The van der Waals surface area contributed by atoms with E-state index in [9.17, 15) is 0 Å². The third-order valence-electron chi connectivity index (χ3n) is 6.60. The minimum Gasteiger partial charge on any atom is -0.234 e. The molecule has 2 nitrogen and oxygen atoms in total. The van der Waals surface area contributed by atoms with Gasteiger partial charge in [0.2, 0.25) is 0 Å². The lowest BCUT2D eigenvalue weighted by Gasteiger charge is -2.07. The first-order valence-electron chi connectivity index (χ1n) is 13.9. The highest BCUT2D eigenvalue weighted by Gasteiger charge is 2.16. The molecule has 1 aromatic heterocycles. The molecule has 0 radical (unpaired) electrons. The van der Waals surface area contributed by atoms with Gasteiger partial charge in [-0.25, -0.2) is 9.13 Å². The fraction of sp³-hybridized carbons (Fsp3) is 0.893. The van der Waals surface area contributed by atoms with Gasteiger partial charge >= 0.3 is 0 Å². The smallest absolute Gasteiger partial charge is 0.234 e. The number of rotatable bonds is 22. The molecule has 30 heavy (non-hydrogen) atoms. The van der Waals surface area contributed by atoms with E-state index in [2.05, 4.69) is 42.3 Å². The third kappa shape index (κ3) is 13.5. The Morgan fingerprint density at radius 1 is 0.567 bits per heavy atom. The molecule has 0 aliphatic rings. The number of hydrogen-bond acceptors (Lipinski definition) is 0. The molecule has 0 saturated heterocycles. The minimum absolute atomic E-state index is 1.22. The van der Waals surface area contributed by atoms with Crippen molar-refractivity contribution in [1.82, 2.24) is 4.57 Å². The Balaban J connectivity index is 2.35. The zero-order chi connectivity index (χ0) is 21.7. The van der Waals surface area contributed by atoms with Gasteiger partial charge in [0.25, 0.3) is 5.82 Å². The molecule has 1 rings (SSSR count). The molecule has 0 aromatic carbocycles. The second-order valence-electron chi connectivity index (χ2n) is 9.51. The molecule has 0 aliphatic heterocycles. The van der Waals surface area contributed by atoms with E-state index in [1.807, 2.05) is 0 Å². The number of aromatic nitrogens is 2. The lowest BCUT2D eigenvalue weighted by Crippen LogP contribution is -2.37. The number of nitrogens with zero attached hydrogens (tertiary/aromatic N) is 2. The van der Waals surface area contributed by atoms with Gasteiger partial charge in [-0.05, 0) is 32.1 Å². The highest BCUT2D eigenvalue weighted by molar-refractivity contribution is 4.84. The van der Waals surface area contributed by atoms with Crippen LogP contribution in [-0.2, 0) is 19.5 Å². The quantitative estimate of drug-likeness (QED) is 0.131. The highest BCUT2D eigenvalue weighted by Crippen LogP contribution is 2.12. The summed E-state index contributed by atoms with van der Waals surface area (Å²) in [5.41, 5.74) is 0. The normalized spacial score (nSPS) is 11.4. The molecule has 1 heterocycles. The van der Waals surface area contributed by atoms with E-state index in [-0.39, 0.29) is 0 Å². The van der Waals surface area contributed by atoms with Crippen LogP contribution >= 0.6 is 0 Å². The maximum absolute atomic E-state index is 2.59. The number of imidazole rings is 1. The molecule has 0 aliphatic carbocycles. The Hall–Kier alpha value is -0.790. The fourth-order valence-electron chi connectivity index (χ4n) is 4.56. The average molecular weight is 420 g/mol. The fourth-order valence-corrected chi connectivity index (χ4v) is 4.56. The molecular formula is C28H55N2+. The van der Waals surface area contributed by atoms with Crippen molar-refractivity contribution >= 4 is 0 Å². The molecule has 0 saturated carbocycles. The Bertz CT molecular complexity index is 477. The Morgan fingerprint density at radius 3 is 1.60 bits per heavy atom. The molecule has 176 valence electrons. The van der Waals surface area contributed by atoms with Crippen LogP contribution in [-0.4, -0.2) is 4.57 Å². The zero-order valence-electron chi connectivity index (χ0n) is 21.1. The minimum atomic E-state index is 1.22. The molecule has 1 aromatic rings. The van der Waals surface area contributed by atoms with Crippen molar-refractivity contribution < 1.29 is 4.57 Å². The maximum Gasteiger partial charge on any atom is 0.256 e. The molecular weight excluding hydrogens is 364 g/mol. The molecule has 0 unspecified atom stereocenters. The summed E-state index contributed by atoms with van der Waals surface area (Å²) in [6.07, 6.45) is 32.5. The number of hydrogen-bond donors (Lipinski definition) is 0. The predicted molar refractivity (Wildman–Crippen MR) is 133 cm³/mol. The van der Waals surface area contributed by atoms with Gasteiger partial charge in [-0.2, -0.15) is 0 Å². The van der Waals surface area contributed by atoms with Crippen LogP contribution in [0, 0.1) is 0 Å². The zero-order valence-corrected chi connectivity index (χ0v) is 21.1. The van der Waals surface area contributed by atoms with Crippen molar-refractivity contribution in [2.45, 2.75) is 162 Å². The number of aryl methyl sites for hydroxylation is 2. The van der Waals surface area contributed by atoms with E-state index in [0.29, 0.717) is 0 Å². The Kier molecular flexibility index (Phi) is 18.3. The summed E-state index contributed by atoms with van der Waals surface area (Å²) >= 11 is 0. The van der Waals surface area contributed by atoms with Gasteiger partial charge in [-0.1, -0.05) is 111 Å². The van der Waals surface area contributed by atoms with Crippen LogP contribution in [0.4, 0.5) is 0 Å². The van der Waals surface area contributed by atoms with Crippen LogP contribution in [0.5, 0.6) is 0 Å². The summed E-state index contributed by atoms with van der Waals surface area (Å²) in [5, 5.41) is 0. The van der Waals surface area contributed by atoms with Crippen molar-refractivity contribution in [2.75, 3.05) is 0 Å². The van der Waals surface area contributed by atoms with Crippen LogP contribution in [0.1, 0.15) is 149 Å². The van der Waals surface area contributed by atoms with Gasteiger partial charge in [0.1, 0.15) is 12.4 Å². The molecule has 0 spiro atoms. The molecule has 0 amide bonds. The van der Waals surface area contributed by atoms with E-state index in [0.717, 1.165) is 0 Å². The largest absolute Gasteiger partial charge is 0.256 e. The van der Waals surface area contributed by atoms with E-state index in [1.165, 1.54) is 142 Å². The molecule has 0 bridgehead atoms. The summed E-state index contributed by atoms with van der Waals surface area (Å²) in [7, 11) is 0. The van der Waals surface area contributed by atoms with Gasteiger partial charge in [0.05, 0.1) is 13.1 Å². The van der Waals surface area contributed by atoms with Gasteiger partial charge < -0.3 is 0 Å². The van der Waals surface area contributed by atoms with E-state index in [4.69, 9.17) is 0 Å². The van der Waals surface area contributed by atoms with Crippen molar-refractivity contribution in [3.05, 3.63) is 18.2 Å². The standard InChI is InChI=1S/C28H55N2/c1-4-7-10-13-15-16-17-19-22-25-30-27-26-29(24-21-18-14-11-8-5-2)28(30)23-20-12-9-6-3/h26-27H,4-25H2,1-3H3/q+1. The van der Waals surface area contributed by atoms with Crippen LogP contribution < -0.4 is 4.57 Å². The maximum atomic E-state index is 2.59. The molecule has 0 fully saturated rings. The Labute approximate surface area is 189 Å². The summed E-state index contributed by atoms with van der Waals surface area (Å²) in [6.45, 7) is 9.36. The second kappa shape index (κ2) is 20.1. The van der Waals surface area contributed by atoms with Crippen LogP contribution in [0.3, 0.4) is 0 Å². The predicted octanol–water partition coefficient (Wildman–Crippen LogP) is 8.79. The monoisotopic (exact) mass is 419 g/mol. The summed E-state index contributed by atoms with van der Waals surface area (Å²) in [4.78, 5) is 0. The van der Waals surface area contributed by atoms with Crippen LogP contribution in [0.2, 0.25) is 0 Å². The SMILES string of the molecule is CCCCCCCCCCC[n+]1ccn(CCCCCCCC)c1CCCCCC. The van der Waals surface area contributed by atoms with Crippen molar-refractivity contribution in [2.24, 2.45) is 0 Å². The van der Waals surface area contributed by atoms with Gasteiger partial charge in [-0.15, -0.1) is 0 Å². The Morgan fingerprint density at radius 2 is 1.03 bits per heavy atom. The van der Waals surface area contributed by atoms with Gasteiger partial charge in [0.15, 0.2) is 0 Å². The number of unbranched alkanes of at least 4 members (excludes halogenated alkanes) is 16. The summed E-state index contributed by atoms with van der Waals surface area (Å²) in [6, 6.07) is 0. The first-order chi connectivity index (χ1) is 14.8. The van der Waals surface area contributed by atoms with Crippen LogP contribution in [0.25, 0.3) is 0 Å². The molecule has 2 heteroatoms. The first-order valence-corrected chi connectivity index (χ1v) is 13.9. The van der Waals surface area contributed by atoms with Crippen molar-refractivity contribution in [3.8, 4) is 0 Å². The van der Waals surface area contributed by atoms with E-state index in [1.54, 1.807) is 5.82 Å². The van der Waals surface area contributed by atoms with Crippen molar-refractivity contribution in [1.29, 1.82) is 0 Å². The highest BCUT2D eigenvalue weighted by atomic mass is 15.1. The van der Waals surface area contributed by atoms with E-state index < -0.39 is 0 Å². The first kappa shape index (κ1) is 27.2. The third-order valence-corrected chi connectivity index (χ3v) is 6.60. The lowest BCUT2D eigenvalue weighted by atomic mass is 10.1. The van der Waals surface area contributed by atoms with Gasteiger partial charge in [-0.3, -0.25) is 0 Å². The summed E-state index contributed by atoms with van der Waals surface area (Å²) in [5.74, 6) is 1.60. The van der Waals surface area contributed by atoms with Crippen molar-refractivity contribution in [3.63, 3.8) is 0 Å². The van der Waals surface area contributed by atoms with Gasteiger partial charge in [0, 0.05) is 6.42 Å². The lowest BCUT2D eigenvalue weighted by molar-refractivity contribution is -0.704.